The molecule has 3 atom stereocenters. The van der Waals surface area contributed by atoms with Gasteiger partial charge in [-0.1, -0.05) is 18.9 Å². The van der Waals surface area contributed by atoms with Crippen molar-refractivity contribution in [2.45, 2.75) is 50.3 Å². The molecule has 108 valence electrons. The monoisotopic (exact) mass is 282 g/mol. The lowest BCUT2D eigenvalue weighted by Gasteiger charge is -2.50. The number of nitrogens with two attached hydrogens (primary N) is 1. The van der Waals surface area contributed by atoms with E-state index in [1.807, 2.05) is 18.4 Å². The van der Waals surface area contributed by atoms with Gasteiger partial charge in [0.25, 0.3) is 0 Å². The number of hydrogen-bond donors (Lipinski definition) is 1. The van der Waals surface area contributed by atoms with E-state index in [1.165, 1.54) is 17.7 Å². The van der Waals surface area contributed by atoms with Gasteiger partial charge in [-0.3, -0.25) is 4.90 Å². The second-order valence-corrected chi connectivity index (χ2v) is 6.56. The Labute approximate surface area is 120 Å². The number of rotatable bonds is 5. The molecule has 0 spiro atoms. The van der Waals surface area contributed by atoms with E-state index in [0.29, 0.717) is 12.6 Å². The zero-order valence-corrected chi connectivity index (χ0v) is 13.1. The summed E-state index contributed by atoms with van der Waals surface area (Å²) in [5.74, 6) is 0. The second-order valence-electron chi connectivity index (χ2n) is 5.58. The van der Waals surface area contributed by atoms with Crippen LogP contribution in [0.1, 0.15) is 43.5 Å². The summed E-state index contributed by atoms with van der Waals surface area (Å²) in [6.07, 6.45) is 5.00. The minimum absolute atomic E-state index is 0.0175. The van der Waals surface area contributed by atoms with E-state index in [0.717, 1.165) is 12.8 Å². The molecular weight excluding hydrogens is 256 g/mol. The van der Waals surface area contributed by atoms with E-state index >= 15 is 0 Å². The van der Waals surface area contributed by atoms with Crippen molar-refractivity contribution in [1.82, 2.24) is 4.90 Å². The molecule has 2 rings (SSSR count). The molecule has 1 aromatic heterocycles. The molecule has 1 fully saturated rings. The van der Waals surface area contributed by atoms with Gasteiger partial charge in [-0.15, -0.1) is 11.3 Å². The highest BCUT2D eigenvalue weighted by atomic mass is 32.1. The second kappa shape index (κ2) is 6.35. The van der Waals surface area contributed by atoms with Crippen LogP contribution in [0.2, 0.25) is 0 Å². The van der Waals surface area contributed by atoms with Crippen LogP contribution in [-0.2, 0) is 4.74 Å². The van der Waals surface area contributed by atoms with Gasteiger partial charge in [0.15, 0.2) is 0 Å². The van der Waals surface area contributed by atoms with Gasteiger partial charge in [-0.2, -0.15) is 0 Å². The minimum atomic E-state index is -0.0175. The summed E-state index contributed by atoms with van der Waals surface area (Å²) in [5, 5.41) is 2.14. The topological polar surface area (TPSA) is 38.5 Å². The maximum Gasteiger partial charge on any atom is 0.0767 e. The summed E-state index contributed by atoms with van der Waals surface area (Å²) < 4.78 is 5.77. The molecule has 4 heteroatoms. The summed E-state index contributed by atoms with van der Waals surface area (Å²) in [5.41, 5.74) is 6.16. The third kappa shape index (κ3) is 2.72. The van der Waals surface area contributed by atoms with Crippen LogP contribution in [0.3, 0.4) is 0 Å². The van der Waals surface area contributed by atoms with Gasteiger partial charge >= 0.3 is 0 Å². The Balaban J connectivity index is 2.23. The fourth-order valence-electron chi connectivity index (χ4n) is 3.41. The molecule has 3 unspecified atom stereocenters. The molecule has 1 aliphatic carbocycles. The number of likely N-dealkylation sites (N-methyl/N-ethyl adjacent to an activating group) is 1. The largest absolute Gasteiger partial charge is 0.379 e. The van der Waals surface area contributed by atoms with Gasteiger partial charge in [-0.05, 0) is 38.3 Å². The van der Waals surface area contributed by atoms with Crippen LogP contribution < -0.4 is 5.73 Å². The summed E-state index contributed by atoms with van der Waals surface area (Å²) in [4.78, 5) is 3.85. The van der Waals surface area contributed by atoms with Crippen molar-refractivity contribution in [1.29, 1.82) is 0 Å². The van der Waals surface area contributed by atoms with Crippen molar-refractivity contribution in [3.8, 4) is 0 Å². The van der Waals surface area contributed by atoms with Crippen LogP contribution in [0.4, 0.5) is 0 Å². The maximum atomic E-state index is 6.18. The van der Waals surface area contributed by atoms with Gasteiger partial charge in [0.05, 0.1) is 11.6 Å². The Kier molecular flexibility index (Phi) is 5.01. The van der Waals surface area contributed by atoms with Gasteiger partial charge in [0.1, 0.15) is 0 Å². The lowest BCUT2D eigenvalue weighted by molar-refractivity contribution is -0.0786. The smallest absolute Gasteiger partial charge is 0.0767 e. The normalized spacial score (nSPS) is 29.6. The first-order valence-electron chi connectivity index (χ1n) is 7.15. The van der Waals surface area contributed by atoms with Crippen LogP contribution >= 0.6 is 11.3 Å². The summed E-state index contributed by atoms with van der Waals surface area (Å²) in [6.45, 7) is 2.93. The fraction of sp³-hybridized carbons (Fsp3) is 0.733. The third-order valence-corrected chi connectivity index (χ3v) is 5.84. The molecule has 0 radical (unpaired) electrons. The summed E-state index contributed by atoms with van der Waals surface area (Å²) in [6, 6.07) is 4.72. The quantitative estimate of drug-likeness (QED) is 0.902. The van der Waals surface area contributed by atoms with Crippen molar-refractivity contribution < 1.29 is 4.74 Å². The molecule has 3 nitrogen and oxygen atoms in total. The van der Waals surface area contributed by atoms with Crippen molar-refractivity contribution in [2.24, 2.45) is 5.73 Å². The van der Waals surface area contributed by atoms with Gasteiger partial charge in [0.2, 0.25) is 0 Å². The average molecular weight is 282 g/mol. The number of thiophene rings is 1. The Morgan fingerprint density at radius 1 is 1.58 bits per heavy atom. The fourth-order valence-corrected chi connectivity index (χ4v) is 4.24. The SMILES string of the molecule is COC1CCCCC1(CN)N(C)C(C)c1cccs1. The molecule has 1 aromatic rings. The average Bonchev–Trinajstić information content (AvgIpc) is 2.99. The highest BCUT2D eigenvalue weighted by Crippen LogP contribution is 2.39. The lowest BCUT2D eigenvalue weighted by Crippen LogP contribution is -2.62. The molecule has 0 saturated heterocycles. The number of methoxy groups -OCH3 is 1. The summed E-state index contributed by atoms with van der Waals surface area (Å²) >= 11 is 1.82. The molecule has 1 saturated carbocycles. The third-order valence-electron chi connectivity index (χ3n) is 4.80. The molecule has 1 heterocycles. The van der Waals surface area contributed by atoms with Crippen LogP contribution in [0.15, 0.2) is 17.5 Å². The van der Waals surface area contributed by atoms with Crippen molar-refractivity contribution in [3.05, 3.63) is 22.4 Å². The van der Waals surface area contributed by atoms with E-state index in [9.17, 15) is 0 Å². The first-order valence-corrected chi connectivity index (χ1v) is 8.03. The Bertz CT molecular complexity index is 382. The van der Waals surface area contributed by atoms with Gasteiger partial charge in [0, 0.05) is 24.6 Å². The number of ether oxygens (including phenoxy) is 1. The van der Waals surface area contributed by atoms with Crippen molar-refractivity contribution in [2.75, 3.05) is 20.7 Å². The molecule has 1 aliphatic rings. The first-order chi connectivity index (χ1) is 9.15. The Morgan fingerprint density at radius 3 is 2.95 bits per heavy atom. The molecular formula is C15H26N2OS. The molecule has 2 N–H and O–H groups in total. The van der Waals surface area contributed by atoms with Crippen LogP contribution in [0, 0.1) is 0 Å². The zero-order valence-electron chi connectivity index (χ0n) is 12.3. The standard InChI is InChI=1S/C15H26N2OS/c1-12(13-7-6-10-19-13)17(2)15(11-16)9-5-4-8-14(15)18-3/h6-7,10,12,14H,4-5,8-9,11,16H2,1-3H3. The van der Waals surface area contributed by atoms with Crippen LogP contribution in [-0.4, -0.2) is 37.2 Å². The predicted molar refractivity (Wildman–Crippen MR) is 81.5 cm³/mol. The van der Waals surface area contributed by atoms with E-state index in [-0.39, 0.29) is 11.6 Å². The maximum absolute atomic E-state index is 6.18. The molecule has 19 heavy (non-hydrogen) atoms. The Morgan fingerprint density at radius 2 is 2.37 bits per heavy atom. The minimum Gasteiger partial charge on any atom is -0.379 e. The predicted octanol–water partition coefficient (Wildman–Crippen LogP) is 3.03. The van der Waals surface area contributed by atoms with Crippen molar-refractivity contribution in [3.63, 3.8) is 0 Å². The lowest BCUT2D eigenvalue weighted by atomic mass is 9.77. The first kappa shape index (κ1) is 15.0. The van der Waals surface area contributed by atoms with E-state index < -0.39 is 0 Å². The number of nitrogens with zero attached hydrogens (tertiary/aromatic N) is 1. The number of hydrogen-bond acceptors (Lipinski definition) is 4. The van der Waals surface area contributed by atoms with Crippen molar-refractivity contribution >= 4 is 11.3 Å². The zero-order chi connectivity index (χ0) is 13.9. The van der Waals surface area contributed by atoms with Gasteiger partial charge in [-0.25, -0.2) is 0 Å². The molecule has 0 bridgehead atoms. The molecule has 0 aromatic carbocycles. The van der Waals surface area contributed by atoms with E-state index in [2.05, 4.69) is 36.4 Å². The van der Waals surface area contributed by atoms with E-state index in [1.54, 1.807) is 0 Å². The molecule has 0 aliphatic heterocycles. The van der Waals surface area contributed by atoms with Crippen LogP contribution in [0.5, 0.6) is 0 Å². The van der Waals surface area contributed by atoms with E-state index in [4.69, 9.17) is 10.5 Å². The highest BCUT2D eigenvalue weighted by Gasteiger charge is 2.45. The molecule has 0 amide bonds. The summed E-state index contributed by atoms with van der Waals surface area (Å²) in [7, 11) is 4.03. The Hall–Kier alpha value is -0.420. The van der Waals surface area contributed by atoms with Gasteiger partial charge < -0.3 is 10.5 Å². The highest BCUT2D eigenvalue weighted by molar-refractivity contribution is 7.10. The van der Waals surface area contributed by atoms with Crippen LogP contribution in [0.25, 0.3) is 0 Å².